The largest absolute Gasteiger partial charge is 0.399 e. The van der Waals surface area contributed by atoms with E-state index in [1.54, 1.807) is 26.0 Å². The van der Waals surface area contributed by atoms with Crippen LogP contribution in [0.15, 0.2) is 17.0 Å². The van der Waals surface area contributed by atoms with Gasteiger partial charge in [0.15, 0.2) is 0 Å². The second-order valence-corrected chi connectivity index (χ2v) is 7.44. The number of piperidine rings is 1. The zero-order valence-electron chi connectivity index (χ0n) is 12.3. The first-order valence-electron chi connectivity index (χ1n) is 6.89. The van der Waals surface area contributed by atoms with Crippen LogP contribution in [0.5, 0.6) is 0 Å². The van der Waals surface area contributed by atoms with E-state index in [9.17, 15) is 13.2 Å². The van der Waals surface area contributed by atoms with Crippen molar-refractivity contribution in [3.63, 3.8) is 0 Å². The molecule has 0 radical (unpaired) electrons. The second-order valence-electron chi connectivity index (χ2n) is 5.56. The minimum absolute atomic E-state index is 0.231. The molecule has 4 N–H and O–H groups in total. The number of benzene rings is 1. The standard InChI is InChI=1S/C14H21N3O3S/c1-9-7-12(15)8-10(2)13(9)21(19,20)17-5-3-11(4-6-17)14(16)18/h7-8,11H,3-6,15H2,1-2H3,(H2,16,18). The number of amides is 1. The van der Waals surface area contributed by atoms with Gasteiger partial charge in [-0.3, -0.25) is 4.79 Å². The molecule has 21 heavy (non-hydrogen) atoms. The molecular formula is C14H21N3O3S. The van der Waals surface area contributed by atoms with E-state index in [4.69, 9.17) is 11.5 Å². The molecule has 116 valence electrons. The summed E-state index contributed by atoms with van der Waals surface area (Å²) in [4.78, 5) is 11.5. The molecular weight excluding hydrogens is 290 g/mol. The van der Waals surface area contributed by atoms with E-state index in [1.165, 1.54) is 4.31 Å². The van der Waals surface area contributed by atoms with Gasteiger partial charge in [0, 0.05) is 24.7 Å². The first-order chi connectivity index (χ1) is 9.73. The topological polar surface area (TPSA) is 106 Å². The number of hydrogen-bond acceptors (Lipinski definition) is 4. The number of nitrogens with zero attached hydrogens (tertiary/aromatic N) is 1. The number of nitrogen functional groups attached to an aromatic ring is 1. The fourth-order valence-electron chi connectivity index (χ4n) is 2.90. The number of aryl methyl sites for hydroxylation is 2. The lowest BCUT2D eigenvalue weighted by Crippen LogP contribution is -2.42. The summed E-state index contributed by atoms with van der Waals surface area (Å²) in [7, 11) is -3.56. The van der Waals surface area contributed by atoms with Crippen LogP contribution in [-0.2, 0) is 14.8 Å². The molecule has 0 spiro atoms. The number of carbonyl (C=O) groups is 1. The van der Waals surface area contributed by atoms with Gasteiger partial charge < -0.3 is 11.5 Å². The third-order valence-electron chi connectivity index (χ3n) is 3.94. The summed E-state index contributed by atoms with van der Waals surface area (Å²) in [6.45, 7) is 4.12. The second kappa shape index (κ2) is 5.65. The summed E-state index contributed by atoms with van der Waals surface area (Å²) >= 11 is 0. The number of nitrogens with two attached hydrogens (primary N) is 2. The zero-order chi connectivity index (χ0) is 15.8. The molecule has 1 saturated heterocycles. The molecule has 1 aliphatic rings. The summed E-state index contributed by atoms with van der Waals surface area (Å²) in [6, 6.07) is 3.33. The fourth-order valence-corrected chi connectivity index (χ4v) is 4.78. The third kappa shape index (κ3) is 3.03. The summed E-state index contributed by atoms with van der Waals surface area (Å²) in [6.07, 6.45) is 0.948. The minimum atomic E-state index is -3.56. The minimum Gasteiger partial charge on any atom is -0.399 e. The first-order valence-corrected chi connectivity index (χ1v) is 8.33. The van der Waals surface area contributed by atoms with E-state index in [0.29, 0.717) is 47.6 Å². The average molecular weight is 311 g/mol. The fraction of sp³-hybridized carbons (Fsp3) is 0.500. The third-order valence-corrected chi connectivity index (χ3v) is 6.14. The van der Waals surface area contributed by atoms with Crippen LogP contribution in [0.2, 0.25) is 0 Å². The zero-order valence-corrected chi connectivity index (χ0v) is 13.1. The van der Waals surface area contributed by atoms with Gasteiger partial charge in [-0.15, -0.1) is 0 Å². The number of carbonyl (C=O) groups excluding carboxylic acids is 1. The number of anilines is 1. The van der Waals surface area contributed by atoms with Crippen molar-refractivity contribution in [3.05, 3.63) is 23.3 Å². The van der Waals surface area contributed by atoms with Gasteiger partial charge in [-0.1, -0.05) is 0 Å². The maximum atomic E-state index is 12.8. The molecule has 0 saturated carbocycles. The summed E-state index contributed by atoms with van der Waals surface area (Å²) < 4.78 is 27.0. The van der Waals surface area contributed by atoms with E-state index >= 15 is 0 Å². The van der Waals surface area contributed by atoms with Crippen LogP contribution in [0.3, 0.4) is 0 Å². The number of sulfonamides is 1. The van der Waals surface area contributed by atoms with Gasteiger partial charge >= 0.3 is 0 Å². The molecule has 1 aromatic carbocycles. The Morgan fingerprint density at radius 2 is 1.67 bits per heavy atom. The molecule has 7 heteroatoms. The summed E-state index contributed by atoms with van der Waals surface area (Å²) in [5.74, 6) is -0.586. The van der Waals surface area contributed by atoms with E-state index < -0.39 is 10.0 Å². The molecule has 0 bridgehead atoms. The highest BCUT2D eigenvalue weighted by atomic mass is 32.2. The van der Waals surface area contributed by atoms with Crippen LogP contribution in [-0.4, -0.2) is 31.7 Å². The van der Waals surface area contributed by atoms with Crippen LogP contribution < -0.4 is 11.5 Å². The van der Waals surface area contributed by atoms with Crippen LogP contribution >= 0.6 is 0 Å². The maximum Gasteiger partial charge on any atom is 0.243 e. The number of rotatable bonds is 3. The molecule has 0 aliphatic carbocycles. The van der Waals surface area contributed by atoms with Crippen molar-refractivity contribution >= 4 is 21.6 Å². The smallest absolute Gasteiger partial charge is 0.243 e. The molecule has 1 amide bonds. The molecule has 1 aliphatic heterocycles. The molecule has 1 aromatic rings. The van der Waals surface area contributed by atoms with Crippen LogP contribution in [0.1, 0.15) is 24.0 Å². The van der Waals surface area contributed by atoms with Crippen molar-refractivity contribution in [1.82, 2.24) is 4.31 Å². The van der Waals surface area contributed by atoms with Gasteiger partial charge in [-0.2, -0.15) is 4.31 Å². The van der Waals surface area contributed by atoms with Crippen LogP contribution in [0.25, 0.3) is 0 Å². The highest BCUT2D eigenvalue weighted by Crippen LogP contribution is 2.29. The van der Waals surface area contributed by atoms with Gasteiger partial charge in [0.1, 0.15) is 0 Å². The Kier molecular flexibility index (Phi) is 4.25. The average Bonchev–Trinajstić information content (AvgIpc) is 2.37. The van der Waals surface area contributed by atoms with Crippen LogP contribution in [0.4, 0.5) is 5.69 Å². The van der Waals surface area contributed by atoms with E-state index in [-0.39, 0.29) is 11.8 Å². The monoisotopic (exact) mass is 311 g/mol. The van der Waals surface area contributed by atoms with Crippen molar-refractivity contribution < 1.29 is 13.2 Å². The molecule has 6 nitrogen and oxygen atoms in total. The lowest BCUT2D eigenvalue weighted by Gasteiger charge is -2.30. The summed E-state index contributed by atoms with van der Waals surface area (Å²) in [5.41, 5.74) is 12.9. The molecule has 2 rings (SSSR count). The van der Waals surface area contributed by atoms with Crippen molar-refractivity contribution in [2.45, 2.75) is 31.6 Å². The van der Waals surface area contributed by atoms with Crippen molar-refractivity contribution in [3.8, 4) is 0 Å². The van der Waals surface area contributed by atoms with Gasteiger partial charge in [0.2, 0.25) is 15.9 Å². The highest BCUT2D eigenvalue weighted by Gasteiger charge is 2.32. The van der Waals surface area contributed by atoms with Crippen molar-refractivity contribution in [1.29, 1.82) is 0 Å². The molecule has 0 atom stereocenters. The van der Waals surface area contributed by atoms with Crippen molar-refractivity contribution in [2.24, 2.45) is 11.7 Å². The molecule has 1 heterocycles. The Morgan fingerprint density at radius 3 is 2.10 bits per heavy atom. The van der Waals surface area contributed by atoms with Crippen LogP contribution in [0, 0.1) is 19.8 Å². The number of hydrogen-bond donors (Lipinski definition) is 2. The van der Waals surface area contributed by atoms with E-state index in [1.807, 2.05) is 0 Å². The van der Waals surface area contributed by atoms with Gasteiger partial charge in [0.05, 0.1) is 4.90 Å². The van der Waals surface area contributed by atoms with Gasteiger partial charge in [-0.25, -0.2) is 8.42 Å². The van der Waals surface area contributed by atoms with Gasteiger partial charge in [0.25, 0.3) is 0 Å². The normalized spacial score (nSPS) is 17.8. The SMILES string of the molecule is Cc1cc(N)cc(C)c1S(=O)(=O)N1CCC(C(N)=O)CC1. The Hall–Kier alpha value is -1.60. The quantitative estimate of drug-likeness (QED) is 0.804. The van der Waals surface area contributed by atoms with Gasteiger partial charge in [-0.05, 0) is 49.9 Å². The van der Waals surface area contributed by atoms with E-state index in [2.05, 4.69) is 0 Å². The molecule has 0 unspecified atom stereocenters. The number of primary amides is 1. The van der Waals surface area contributed by atoms with Crippen molar-refractivity contribution in [2.75, 3.05) is 18.8 Å². The lowest BCUT2D eigenvalue weighted by molar-refractivity contribution is -0.122. The molecule has 0 aromatic heterocycles. The maximum absolute atomic E-state index is 12.8. The predicted molar refractivity (Wildman–Crippen MR) is 81.0 cm³/mol. The lowest BCUT2D eigenvalue weighted by atomic mass is 9.98. The van der Waals surface area contributed by atoms with E-state index in [0.717, 1.165) is 0 Å². The predicted octanol–water partition coefficient (Wildman–Crippen LogP) is 0.772. The highest BCUT2D eigenvalue weighted by molar-refractivity contribution is 7.89. The Bertz CT molecular complexity index is 639. The molecule has 1 fully saturated rings. The summed E-state index contributed by atoms with van der Waals surface area (Å²) in [5, 5.41) is 0. The Balaban J connectivity index is 2.30. The first kappa shape index (κ1) is 15.8. The Labute approximate surface area is 125 Å². The Morgan fingerprint density at radius 1 is 1.19 bits per heavy atom.